The Morgan fingerprint density at radius 1 is 1.06 bits per heavy atom. The van der Waals surface area contributed by atoms with E-state index in [2.05, 4.69) is 45.2 Å². The summed E-state index contributed by atoms with van der Waals surface area (Å²) in [6.45, 7) is 4.83. The first-order chi connectivity index (χ1) is 17.0. The van der Waals surface area contributed by atoms with Crippen molar-refractivity contribution in [1.82, 2.24) is 19.4 Å². The Bertz CT molecular complexity index is 1540. The van der Waals surface area contributed by atoms with Gasteiger partial charge in [-0.3, -0.25) is 4.79 Å². The predicted octanol–water partition coefficient (Wildman–Crippen LogP) is 4.91. The van der Waals surface area contributed by atoms with Gasteiger partial charge in [-0.05, 0) is 50.2 Å². The van der Waals surface area contributed by atoms with E-state index in [1.165, 1.54) is 27.3 Å². The number of nitrogens with one attached hydrogen (secondary N) is 1. The Morgan fingerprint density at radius 2 is 1.80 bits per heavy atom. The molecule has 1 unspecified atom stereocenters. The number of ether oxygens (including phenoxy) is 1. The number of nitrogens with zero attached hydrogens (tertiary/aromatic N) is 4. The number of hydrogen-bond acceptors (Lipinski definition) is 6. The maximum Gasteiger partial charge on any atom is 0.237 e. The smallest absolute Gasteiger partial charge is 0.237 e. The molecule has 178 valence electrons. The van der Waals surface area contributed by atoms with Crippen molar-refractivity contribution in [3.63, 3.8) is 0 Å². The molecule has 8 nitrogen and oxygen atoms in total. The van der Waals surface area contributed by atoms with Gasteiger partial charge >= 0.3 is 0 Å². The van der Waals surface area contributed by atoms with Crippen molar-refractivity contribution in [2.75, 3.05) is 18.3 Å². The number of benzene rings is 3. The molecule has 0 aliphatic heterocycles. The Hall–Kier alpha value is -3.98. The monoisotopic (exact) mass is 486 g/mol. The number of anilines is 1. The summed E-state index contributed by atoms with van der Waals surface area (Å²) in [7, 11) is 1.59. The van der Waals surface area contributed by atoms with Gasteiger partial charge in [0.1, 0.15) is 5.75 Å². The molecule has 0 spiro atoms. The second kappa shape index (κ2) is 9.34. The van der Waals surface area contributed by atoms with Crippen molar-refractivity contribution in [3.8, 4) is 17.1 Å². The lowest BCUT2D eigenvalue weighted by atomic mass is 10.1. The van der Waals surface area contributed by atoms with Crippen LogP contribution < -0.4 is 15.9 Å². The number of thioether (sulfide) groups is 1. The summed E-state index contributed by atoms with van der Waals surface area (Å²) in [6.07, 6.45) is 0. The van der Waals surface area contributed by atoms with Crippen molar-refractivity contribution in [2.45, 2.75) is 30.8 Å². The van der Waals surface area contributed by atoms with Crippen LogP contribution in [0.2, 0.25) is 0 Å². The average molecular weight is 487 g/mol. The zero-order chi connectivity index (χ0) is 24.5. The first-order valence-corrected chi connectivity index (χ1v) is 12.2. The van der Waals surface area contributed by atoms with Gasteiger partial charge in [-0.15, -0.1) is 10.2 Å². The minimum Gasteiger partial charge on any atom is -0.496 e. The summed E-state index contributed by atoms with van der Waals surface area (Å²) in [6, 6.07) is 21.8. The average Bonchev–Trinajstić information content (AvgIpc) is 3.40. The van der Waals surface area contributed by atoms with Gasteiger partial charge in [-0.2, -0.15) is 0 Å². The lowest BCUT2D eigenvalue weighted by molar-refractivity contribution is -0.115. The quantitative estimate of drug-likeness (QED) is 0.250. The number of aryl methyl sites for hydroxylation is 1. The summed E-state index contributed by atoms with van der Waals surface area (Å²) in [5.41, 5.74) is 3.81. The fraction of sp³-hybridized carbons (Fsp3) is 0.192. The number of nitrogen functional groups attached to an aromatic ring is 1. The Balaban J connectivity index is 1.36. The van der Waals surface area contributed by atoms with Crippen molar-refractivity contribution in [2.24, 2.45) is 0 Å². The van der Waals surface area contributed by atoms with Crippen molar-refractivity contribution >= 4 is 45.2 Å². The molecule has 0 saturated carbocycles. The maximum absolute atomic E-state index is 13.0. The van der Waals surface area contributed by atoms with Crippen molar-refractivity contribution in [3.05, 3.63) is 66.7 Å². The normalized spacial score (nSPS) is 12.2. The number of hydrogen-bond donors (Lipinski definition) is 2. The zero-order valence-corrected chi connectivity index (χ0v) is 20.5. The molecule has 3 aromatic carbocycles. The molecule has 0 fully saturated rings. The van der Waals surface area contributed by atoms with Gasteiger partial charge in [0.2, 0.25) is 11.1 Å². The third-order valence-corrected chi connectivity index (χ3v) is 7.08. The number of nitrogens with two attached hydrogens (primary N) is 1. The SMILES string of the molecule is CCn1c2ccccc2c2cc(NC(=O)C(C)Sc3nnc(-c4ccccc4OC)n3N)ccc21. The standard InChI is InChI=1S/C26H26N6O2S/c1-4-31-21-11-7-5-9-18(21)20-15-17(13-14-22(20)31)28-25(33)16(2)35-26-30-29-24(32(26)27)19-10-6-8-12-23(19)34-3/h5-16H,4,27H2,1-3H3,(H,28,33). The van der Waals surface area contributed by atoms with Crippen LogP contribution in [0.3, 0.4) is 0 Å². The van der Waals surface area contributed by atoms with E-state index in [0.29, 0.717) is 16.7 Å². The molecule has 0 aliphatic rings. The lowest BCUT2D eigenvalue weighted by Crippen LogP contribution is -2.23. The molecule has 0 bridgehead atoms. The van der Waals surface area contributed by atoms with E-state index in [0.717, 1.165) is 28.7 Å². The molecule has 5 aromatic rings. The second-order valence-corrected chi connectivity index (χ2v) is 9.43. The summed E-state index contributed by atoms with van der Waals surface area (Å²) >= 11 is 1.25. The Morgan fingerprint density at radius 3 is 2.60 bits per heavy atom. The summed E-state index contributed by atoms with van der Waals surface area (Å²) < 4.78 is 9.07. The summed E-state index contributed by atoms with van der Waals surface area (Å²) in [4.78, 5) is 13.0. The third-order valence-electron chi connectivity index (χ3n) is 6.02. The van der Waals surface area contributed by atoms with E-state index in [4.69, 9.17) is 10.6 Å². The van der Waals surface area contributed by atoms with Crippen LogP contribution in [0.5, 0.6) is 5.75 Å². The molecule has 0 aliphatic carbocycles. The Kier molecular flexibility index (Phi) is 6.08. The van der Waals surface area contributed by atoms with Crippen molar-refractivity contribution < 1.29 is 9.53 Å². The largest absolute Gasteiger partial charge is 0.496 e. The van der Waals surface area contributed by atoms with E-state index in [1.54, 1.807) is 7.11 Å². The number of amides is 1. The van der Waals surface area contributed by atoms with Crippen LogP contribution in [0.25, 0.3) is 33.2 Å². The minimum absolute atomic E-state index is 0.143. The predicted molar refractivity (Wildman–Crippen MR) is 141 cm³/mol. The highest BCUT2D eigenvalue weighted by Gasteiger charge is 2.21. The van der Waals surface area contributed by atoms with Gasteiger partial charge in [-0.25, -0.2) is 4.68 Å². The zero-order valence-electron chi connectivity index (χ0n) is 19.7. The van der Waals surface area contributed by atoms with Gasteiger partial charge in [-0.1, -0.05) is 42.1 Å². The van der Waals surface area contributed by atoms with E-state index in [1.807, 2.05) is 55.5 Å². The molecule has 0 radical (unpaired) electrons. The second-order valence-electron chi connectivity index (χ2n) is 8.12. The van der Waals surface area contributed by atoms with Crippen LogP contribution in [0.15, 0.2) is 71.9 Å². The van der Waals surface area contributed by atoms with Crippen LogP contribution in [0, 0.1) is 0 Å². The first-order valence-electron chi connectivity index (χ1n) is 11.3. The molecule has 1 atom stereocenters. The molecule has 2 aromatic heterocycles. The van der Waals surface area contributed by atoms with Crippen LogP contribution >= 0.6 is 11.8 Å². The van der Waals surface area contributed by atoms with Gasteiger partial charge in [0.05, 0.1) is 17.9 Å². The molecule has 0 saturated heterocycles. The van der Waals surface area contributed by atoms with Gasteiger partial charge in [0.15, 0.2) is 5.82 Å². The highest BCUT2D eigenvalue weighted by molar-refractivity contribution is 8.00. The lowest BCUT2D eigenvalue weighted by Gasteiger charge is -2.12. The molecular weight excluding hydrogens is 460 g/mol. The van der Waals surface area contributed by atoms with E-state index in [9.17, 15) is 4.79 Å². The number of methoxy groups -OCH3 is 1. The fourth-order valence-electron chi connectivity index (χ4n) is 4.30. The number of aromatic nitrogens is 4. The molecule has 5 rings (SSSR count). The molecule has 35 heavy (non-hydrogen) atoms. The number of rotatable bonds is 7. The molecule has 3 N–H and O–H groups in total. The summed E-state index contributed by atoms with van der Waals surface area (Å²) in [5.74, 6) is 7.24. The minimum atomic E-state index is -0.445. The fourth-order valence-corrected chi connectivity index (χ4v) is 5.07. The number of carbonyl (C=O) groups excluding carboxylic acids is 1. The van der Waals surface area contributed by atoms with E-state index < -0.39 is 5.25 Å². The highest BCUT2D eigenvalue weighted by Crippen LogP contribution is 2.32. The third kappa shape index (κ3) is 4.08. The first kappa shape index (κ1) is 22.8. The molecule has 1 amide bonds. The maximum atomic E-state index is 13.0. The molecule has 9 heteroatoms. The van der Waals surface area contributed by atoms with Crippen LogP contribution in [0.1, 0.15) is 13.8 Å². The topological polar surface area (TPSA) is 100.0 Å². The van der Waals surface area contributed by atoms with Crippen LogP contribution in [-0.4, -0.2) is 37.7 Å². The van der Waals surface area contributed by atoms with Gasteiger partial charge in [0, 0.05) is 34.0 Å². The van der Waals surface area contributed by atoms with Crippen LogP contribution in [0.4, 0.5) is 5.69 Å². The summed E-state index contributed by atoms with van der Waals surface area (Å²) in [5, 5.41) is 13.7. The molecule has 2 heterocycles. The van der Waals surface area contributed by atoms with E-state index in [-0.39, 0.29) is 5.91 Å². The number of carbonyl (C=O) groups is 1. The van der Waals surface area contributed by atoms with Gasteiger partial charge < -0.3 is 20.5 Å². The Labute approximate surface area is 207 Å². The molecular formula is C26H26N6O2S. The number of para-hydroxylation sites is 2. The number of fused-ring (bicyclic) bond motifs is 3. The van der Waals surface area contributed by atoms with Crippen molar-refractivity contribution in [1.29, 1.82) is 0 Å². The van der Waals surface area contributed by atoms with Crippen LogP contribution in [-0.2, 0) is 11.3 Å². The highest BCUT2D eigenvalue weighted by atomic mass is 32.2. The van der Waals surface area contributed by atoms with E-state index >= 15 is 0 Å². The van der Waals surface area contributed by atoms with Gasteiger partial charge in [0.25, 0.3) is 0 Å².